The lowest BCUT2D eigenvalue weighted by Crippen LogP contribution is -2.46. The number of hydrogen-bond donors (Lipinski definition) is 1. The molecular formula is C13H25NO3. The molecule has 2 atom stereocenters. The minimum absolute atomic E-state index is 0.156. The van der Waals surface area contributed by atoms with Crippen LogP contribution >= 0.6 is 0 Å². The fourth-order valence-electron chi connectivity index (χ4n) is 2.46. The third-order valence-electron chi connectivity index (χ3n) is 3.40. The lowest BCUT2D eigenvalue weighted by Gasteiger charge is -2.38. The van der Waals surface area contributed by atoms with Gasteiger partial charge in [-0.05, 0) is 31.7 Å². The molecule has 4 nitrogen and oxygen atoms in total. The molecule has 0 aromatic heterocycles. The van der Waals surface area contributed by atoms with Gasteiger partial charge in [-0.25, -0.2) is 0 Å². The molecule has 1 aliphatic rings. The smallest absolute Gasteiger partial charge is 0.317 e. The van der Waals surface area contributed by atoms with Crippen LogP contribution in [0.2, 0.25) is 0 Å². The average Bonchev–Trinajstić information content (AvgIpc) is 2.28. The normalized spacial score (nSPS) is 25.5. The highest BCUT2D eigenvalue weighted by Gasteiger charge is 2.29. The van der Waals surface area contributed by atoms with Gasteiger partial charge in [0.1, 0.15) is 0 Å². The second kappa shape index (κ2) is 6.97. The van der Waals surface area contributed by atoms with E-state index >= 15 is 0 Å². The first-order valence-corrected chi connectivity index (χ1v) is 6.62. The van der Waals surface area contributed by atoms with Crippen molar-refractivity contribution in [2.45, 2.75) is 52.2 Å². The number of nitrogens with zero attached hydrogens (tertiary/aromatic N) is 1. The van der Waals surface area contributed by atoms with E-state index in [4.69, 9.17) is 9.84 Å². The maximum atomic E-state index is 10.9. The van der Waals surface area contributed by atoms with Crippen LogP contribution in [0.1, 0.15) is 40.0 Å². The molecule has 0 amide bonds. The molecule has 100 valence electrons. The molecule has 1 aliphatic heterocycles. The molecule has 1 saturated heterocycles. The fraction of sp³-hybridized carbons (Fsp3) is 0.923. The molecule has 1 fully saturated rings. The fourth-order valence-corrected chi connectivity index (χ4v) is 2.46. The van der Waals surface area contributed by atoms with Crippen LogP contribution in [0, 0.1) is 5.92 Å². The van der Waals surface area contributed by atoms with E-state index < -0.39 is 5.97 Å². The quantitative estimate of drug-likeness (QED) is 0.775. The molecule has 0 bridgehead atoms. The summed E-state index contributed by atoms with van der Waals surface area (Å²) in [5.74, 6) is -0.225. The van der Waals surface area contributed by atoms with E-state index in [1.54, 1.807) is 0 Å². The number of rotatable bonds is 6. The summed E-state index contributed by atoms with van der Waals surface area (Å²) in [6.45, 7) is 8.19. The van der Waals surface area contributed by atoms with E-state index in [9.17, 15) is 4.79 Å². The molecule has 0 aliphatic carbocycles. The van der Waals surface area contributed by atoms with Crippen molar-refractivity contribution in [2.75, 3.05) is 19.7 Å². The molecule has 1 N–H and O–H groups in total. The number of ether oxygens (including phenoxy) is 1. The van der Waals surface area contributed by atoms with Gasteiger partial charge in [0.2, 0.25) is 0 Å². The maximum Gasteiger partial charge on any atom is 0.317 e. The van der Waals surface area contributed by atoms with E-state index in [2.05, 4.69) is 25.7 Å². The molecule has 1 rings (SSSR count). The number of carbonyl (C=O) groups is 1. The van der Waals surface area contributed by atoms with Gasteiger partial charge >= 0.3 is 5.97 Å². The number of carboxylic acids is 1. The first-order valence-electron chi connectivity index (χ1n) is 6.62. The van der Waals surface area contributed by atoms with Crippen molar-refractivity contribution in [1.82, 2.24) is 4.90 Å². The molecule has 0 spiro atoms. The van der Waals surface area contributed by atoms with E-state index in [0.29, 0.717) is 12.0 Å². The molecule has 0 radical (unpaired) electrons. The van der Waals surface area contributed by atoms with Gasteiger partial charge in [-0.2, -0.15) is 0 Å². The number of carboxylic acid groups (broad SMARTS) is 1. The van der Waals surface area contributed by atoms with Crippen molar-refractivity contribution in [3.8, 4) is 0 Å². The molecule has 0 aromatic rings. The summed E-state index contributed by atoms with van der Waals surface area (Å²) in [6, 6.07) is 0.368. The van der Waals surface area contributed by atoms with Crippen molar-refractivity contribution in [3.05, 3.63) is 0 Å². The summed E-state index contributed by atoms with van der Waals surface area (Å²) in [5.41, 5.74) is 0. The third kappa shape index (κ3) is 4.64. The van der Waals surface area contributed by atoms with E-state index in [1.165, 1.54) is 0 Å². The predicted octanol–water partition coefficient (Wildman–Crippen LogP) is 1.99. The Kier molecular flexibility index (Phi) is 5.92. The third-order valence-corrected chi connectivity index (χ3v) is 3.40. The highest BCUT2D eigenvalue weighted by molar-refractivity contribution is 5.69. The van der Waals surface area contributed by atoms with Crippen molar-refractivity contribution >= 4 is 5.97 Å². The van der Waals surface area contributed by atoms with E-state index in [0.717, 1.165) is 32.4 Å². The molecule has 2 unspecified atom stereocenters. The summed E-state index contributed by atoms with van der Waals surface area (Å²) >= 11 is 0. The predicted molar refractivity (Wildman–Crippen MR) is 67.1 cm³/mol. The van der Waals surface area contributed by atoms with Crippen LogP contribution in [0.3, 0.4) is 0 Å². The zero-order chi connectivity index (χ0) is 12.8. The lowest BCUT2D eigenvalue weighted by molar-refractivity contribution is -0.140. The van der Waals surface area contributed by atoms with E-state index in [-0.39, 0.29) is 12.6 Å². The monoisotopic (exact) mass is 243 g/mol. The molecule has 17 heavy (non-hydrogen) atoms. The molecule has 1 heterocycles. The number of aliphatic carboxylic acids is 1. The standard InChI is InChI=1S/C13H25NO3/c1-4-6-14(9-13(15)16)11-5-7-17-12(8-11)10(2)3/h10-12H,4-9H2,1-3H3,(H,15,16). The Bertz CT molecular complexity index is 243. The summed E-state index contributed by atoms with van der Waals surface area (Å²) in [4.78, 5) is 13.0. The van der Waals surface area contributed by atoms with Crippen LogP contribution in [0.25, 0.3) is 0 Å². The lowest BCUT2D eigenvalue weighted by atomic mass is 9.94. The van der Waals surface area contributed by atoms with Gasteiger partial charge in [0.25, 0.3) is 0 Å². The van der Waals surface area contributed by atoms with Gasteiger partial charge in [0.05, 0.1) is 12.6 Å². The Balaban J connectivity index is 2.56. The summed E-state index contributed by atoms with van der Waals surface area (Å²) in [6.07, 6.45) is 3.19. The van der Waals surface area contributed by atoms with Crippen LogP contribution in [-0.2, 0) is 9.53 Å². The van der Waals surface area contributed by atoms with E-state index in [1.807, 2.05) is 0 Å². The van der Waals surface area contributed by atoms with Crippen molar-refractivity contribution < 1.29 is 14.6 Å². The molecule has 4 heteroatoms. The summed E-state index contributed by atoms with van der Waals surface area (Å²) < 4.78 is 5.73. The minimum atomic E-state index is -0.731. The van der Waals surface area contributed by atoms with Gasteiger partial charge in [0, 0.05) is 12.6 Å². The number of hydrogen-bond acceptors (Lipinski definition) is 3. The Morgan fingerprint density at radius 3 is 2.76 bits per heavy atom. The SMILES string of the molecule is CCCN(CC(=O)O)C1CCOC(C(C)C)C1. The Morgan fingerprint density at radius 1 is 1.53 bits per heavy atom. The van der Waals surface area contributed by atoms with Crippen LogP contribution < -0.4 is 0 Å². The summed E-state index contributed by atoms with van der Waals surface area (Å²) in [5, 5.41) is 8.94. The first-order chi connectivity index (χ1) is 8.04. The average molecular weight is 243 g/mol. The Labute approximate surface area is 104 Å². The zero-order valence-electron chi connectivity index (χ0n) is 11.2. The van der Waals surface area contributed by atoms with Crippen molar-refractivity contribution in [3.63, 3.8) is 0 Å². The Morgan fingerprint density at radius 2 is 2.24 bits per heavy atom. The topological polar surface area (TPSA) is 49.8 Å². The van der Waals surface area contributed by atoms with Gasteiger partial charge in [-0.15, -0.1) is 0 Å². The second-order valence-corrected chi connectivity index (χ2v) is 5.20. The zero-order valence-corrected chi connectivity index (χ0v) is 11.2. The van der Waals surface area contributed by atoms with Crippen molar-refractivity contribution in [2.24, 2.45) is 5.92 Å². The van der Waals surface area contributed by atoms with Crippen LogP contribution in [0.5, 0.6) is 0 Å². The molecular weight excluding hydrogens is 218 g/mol. The highest BCUT2D eigenvalue weighted by atomic mass is 16.5. The van der Waals surface area contributed by atoms with Gasteiger partial charge in [0.15, 0.2) is 0 Å². The molecule has 0 saturated carbocycles. The maximum absolute atomic E-state index is 10.9. The van der Waals surface area contributed by atoms with Crippen molar-refractivity contribution in [1.29, 1.82) is 0 Å². The van der Waals surface area contributed by atoms with Crippen LogP contribution in [0.4, 0.5) is 0 Å². The van der Waals surface area contributed by atoms with Crippen LogP contribution in [-0.4, -0.2) is 47.8 Å². The van der Waals surface area contributed by atoms with Gasteiger partial charge < -0.3 is 9.84 Å². The van der Waals surface area contributed by atoms with Gasteiger partial charge in [-0.3, -0.25) is 9.69 Å². The first kappa shape index (κ1) is 14.5. The summed E-state index contributed by atoms with van der Waals surface area (Å²) in [7, 11) is 0. The van der Waals surface area contributed by atoms with Gasteiger partial charge in [-0.1, -0.05) is 20.8 Å². The minimum Gasteiger partial charge on any atom is -0.480 e. The second-order valence-electron chi connectivity index (χ2n) is 5.20. The molecule has 0 aromatic carbocycles. The largest absolute Gasteiger partial charge is 0.480 e. The van der Waals surface area contributed by atoms with Crippen LogP contribution in [0.15, 0.2) is 0 Å². The Hall–Kier alpha value is -0.610. The highest BCUT2D eigenvalue weighted by Crippen LogP contribution is 2.24.